The van der Waals surface area contributed by atoms with Gasteiger partial charge in [0.05, 0.1) is 25.9 Å². The molecule has 2 aliphatic rings. The van der Waals surface area contributed by atoms with E-state index in [1.54, 1.807) is 0 Å². The van der Waals surface area contributed by atoms with Gasteiger partial charge in [0.15, 0.2) is 6.29 Å². The molecule has 114 valence electrons. The lowest BCUT2D eigenvalue weighted by Crippen LogP contribution is -2.63. The molecule has 0 bridgehead atoms. The van der Waals surface area contributed by atoms with Gasteiger partial charge in [-0.1, -0.05) is 6.58 Å². The maximum atomic E-state index is 11.4. The molecule has 2 fully saturated rings. The average Bonchev–Trinajstić information content (AvgIpc) is 2.48. The Hall–Kier alpha value is -1.03. The van der Waals surface area contributed by atoms with Gasteiger partial charge in [-0.2, -0.15) is 0 Å². The van der Waals surface area contributed by atoms with Gasteiger partial charge in [-0.3, -0.25) is 0 Å². The Labute approximate surface area is 115 Å². The molecule has 0 aromatic heterocycles. The fraction of sp³-hybridized carbons (Fsp3) is 0.750. The Morgan fingerprint density at radius 1 is 1.35 bits per heavy atom. The number of ether oxygens (including phenoxy) is 4. The maximum absolute atomic E-state index is 11.4. The molecule has 2 saturated heterocycles. The van der Waals surface area contributed by atoms with Crippen LogP contribution in [0.4, 0.5) is 0 Å². The van der Waals surface area contributed by atoms with Gasteiger partial charge in [-0.15, -0.1) is 0 Å². The first kappa shape index (κ1) is 15.4. The highest BCUT2D eigenvalue weighted by molar-refractivity contribution is 5.88. The summed E-state index contributed by atoms with van der Waals surface area (Å²) in [6.45, 7) is 3.10. The van der Waals surface area contributed by atoms with E-state index < -0.39 is 49.4 Å². The molecule has 2 aliphatic heterocycles. The van der Waals surface area contributed by atoms with Crippen molar-refractivity contribution in [1.82, 2.24) is 0 Å². The minimum Gasteiger partial charge on any atom is -0.466 e. The molecular weight excluding hydrogens is 272 g/mol. The first-order chi connectivity index (χ1) is 9.49. The van der Waals surface area contributed by atoms with Crippen LogP contribution in [0.15, 0.2) is 12.2 Å². The number of rotatable bonds is 3. The molecule has 8 heteroatoms. The van der Waals surface area contributed by atoms with Crippen LogP contribution in [0, 0.1) is 0 Å². The monoisotopic (exact) mass is 290 g/mol. The zero-order chi connectivity index (χ0) is 14.9. The summed E-state index contributed by atoms with van der Waals surface area (Å²) in [5.41, 5.74) is 0.0527. The Morgan fingerprint density at radius 3 is 2.65 bits per heavy atom. The number of hydrogen-bond donors (Lipinski definition) is 3. The van der Waals surface area contributed by atoms with Gasteiger partial charge in [-0.25, -0.2) is 4.79 Å². The van der Waals surface area contributed by atoms with Crippen molar-refractivity contribution in [2.45, 2.75) is 36.8 Å². The Balaban J connectivity index is 2.06. The number of carbonyl (C=O) groups excluding carboxylic acids is 1. The molecule has 2 heterocycles. The summed E-state index contributed by atoms with van der Waals surface area (Å²) in [6.07, 6.45) is -6.26. The summed E-state index contributed by atoms with van der Waals surface area (Å²) in [5, 5.41) is 28.8. The first-order valence-corrected chi connectivity index (χ1v) is 6.16. The molecule has 0 radical (unpaired) electrons. The number of aliphatic hydroxyl groups excluding tert-OH is 3. The van der Waals surface area contributed by atoms with Crippen LogP contribution >= 0.6 is 0 Å². The van der Waals surface area contributed by atoms with E-state index in [0.717, 1.165) is 0 Å². The molecule has 0 spiro atoms. The van der Waals surface area contributed by atoms with E-state index in [1.165, 1.54) is 7.11 Å². The molecular formula is C12H18O8. The summed E-state index contributed by atoms with van der Waals surface area (Å²) in [4.78, 5) is 11.4. The predicted octanol–water partition coefficient (Wildman–Crippen LogP) is -2.06. The Bertz CT molecular complexity index is 382. The van der Waals surface area contributed by atoms with Gasteiger partial charge in [-0.05, 0) is 0 Å². The van der Waals surface area contributed by atoms with Gasteiger partial charge in [0.1, 0.15) is 30.5 Å². The molecule has 3 N–H and O–H groups in total. The Morgan fingerprint density at radius 2 is 2.05 bits per heavy atom. The van der Waals surface area contributed by atoms with Crippen LogP contribution < -0.4 is 0 Å². The molecule has 6 atom stereocenters. The lowest BCUT2D eigenvalue weighted by Gasteiger charge is -2.46. The molecule has 0 aromatic carbocycles. The summed E-state index contributed by atoms with van der Waals surface area (Å²) < 4.78 is 20.7. The summed E-state index contributed by atoms with van der Waals surface area (Å²) in [6, 6.07) is 0. The SMILES string of the molecule is C=C(C(=O)OC)[C@@H]1CO[C@@H]2O[C@H](CO)[C@@H](O)[C@H](O)[C@H]2O1. The van der Waals surface area contributed by atoms with Crippen molar-refractivity contribution >= 4 is 5.97 Å². The fourth-order valence-corrected chi connectivity index (χ4v) is 2.19. The van der Waals surface area contributed by atoms with Crippen molar-refractivity contribution in [3.05, 3.63) is 12.2 Å². The number of carbonyl (C=O) groups is 1. The third-order valence-corrected chi connectivity index (χ3v) is 3.39. The van der Waals surface area contributed by atoms with Gasteiger partial charge >= 0.3 is 5.97 Å². The van der Waals surface area contributed by atoms with Gasteiger partial charge < -0.3 is 34.3 Å². The normalized spacial score (nSPS) is 40.8. The van der Waals surface area contributed by atoms with Gasteiger partial charge in [0.2, 0.25) is 0 Å². The third kappa shape index (κ3) is 2.71. The smallest absolute Gasteiger partial charge is 0.335 e. The largest absolute Gasteiger partial charge is 0.466 e. The second-order valence-electron chi connectivity index (χ2n) is 4.65. The predicted molar refractivity (Wildman–Crippen MR) is 63.5 cm³/mol. The molecule has 2 rings (SSSR count). The van der Waals surface area contributed by atoms with E-state index >= 15 is 0 Å². The van der Waals surface area contributed by atoms with Crippen molar-refractivity contribution in [3.8, 4) is 0 Å². The zero-order valence-electron chi connectivity index (χ0n) is 11.0. The molecule has 0 aliphatic carbocycles. The topological polar surface area (TPSA) is 115 Å². The van der Waals surface area contributed by atoms with Crippen LogP contribution in [0.3, 0.4) is 0 Å². The molecule has 0 aromatic rings. The molecule has 20 heavy (non-hydrogen) atoms. The van der Waals surface area contributed by atoms with E-state index in [4.69, 9.17) is 19.3 Å². The molecule has 8 nitrogen and oxygen atoms in total. The van der Waals surface area contributed by atoms with Crippen LogP contribution in [-0.4, -0.2) is 78.4 Å². The summed E-state index contributed by atoms with van der Waals surface area (Å²) >= 11 is 0. The number of fused-ring (bicyclic) bond motifs is 1. The highest BCUT2D eigenvalue weighted by atomic mass is 16.7. The molecule has 0 unspecified atom stereocenters. The number of esters is 1. The lowest BCUT2D eigenvalue weighted by molar-refractivity contribution is -0.344. The zero-order valence-corrected chi connectivity index (χ0v) is 11.0. The van der Waals surface area contributed by atoms with Gasteiger partial charge in [0, 0.05) is 0 Å². The van der Waals surface area contributed by atoms with Crippen molar-refractivity contribution < 1.29 is 39.1 Å². The first-order valence-electron chi connectivity index (χ1n) is 6.16. The second kappa shape index (κ2) is 6.17. The van der Waals surface area contributed by atoms with Crippen LogP contribution in [0.1, 0.15) is 0 Å². The van der Waals surface area contributed by atoms with Crippen molar-refractivity contribution in [2.24, 2.45) is 0 Å². The minimum absolute atomic E-state index is 0.00390. The quantitative estimate of drug-likeness (QED) is 0.401. The standard InChI is InChI=1S/C12H18O8/c1-5(11(16)17-2)7-4-18-12-10(19-7)9(15)8(14)6(3-13)20-12/h6-10,12-15H,1,3-4H2,2H3/t6-,7+,8-,9+,10-,12-/m1/s1. The van der Waals surface area contributed by atoms with E-state index in [-0.39, 0.29) is 12.2 Å². The molecule has 0 saturated carbocycles. The lowest BCUT2D eigenvalue weighted by atomic mass is 9.97. The highest BCUT2D eigenvalue weighted by Crippen LogP contribution is 2.30. The van der Waals surface area contributed by atoms with Gasteiger partial charge in [0.25, 0.3) is 0 Å². The summed E-state index contributed by atoms with van der Waals surface area (Å²) in [7, 11) is 1.22. The molecule has 0 amide bonds. The Kier molecular flexibility index (Phi) is 4.74. The average molecular weight is 290 g/mol. The van der Waals surface area contributed by atoms with Crippen molar-refractivity contribution in [2.75, 3.05) is 20.3 Å². The number of hydrogen-bond acceptors (Lipinski definition) is 8. The van der Waals surface area contributed by atoms with E-state index in [2.05, 4.69) is 11.3 Å². The second-order valence-corrected chi connectivity index (χ2v) is 4.65. The number of aliphatic hydroxyl groups is 3. The van der Waals surface area contributed by atoms with Crippen LogP contribution in [0.5, 0.6) is 0 Å². The van der Waals surface area contributed by atoms with E-state index in [0.29, 0.717) is 0 Å². The van der Waals surface area contributed by atoms with Crippen molar-refractivity contribution in [3.63, 3.8) is 0 Å². The fourth-order valence-electron chi connectivity index (χ4n) is 2.19. The van der Waals surface area contributed by atoms with E-state index in [1.807, 2.05) is 0 Å². The third-order valence-electron chi connectivity index (χ3n) is 3.39. The van der Waals surface area contributed by atoms with Crippen LogP contribution in [0.2, 0.25) is 0 Å². The van der Waals surface area contributed by atoms with Crippen LogP contribution in [0.25, 0.3) is 0 Å². The van der Waals surface area contributed by atoms with Crippen molar-refractivity contribution in [1.29, 1.82) is 0 Å². The summed E-state index contributed by atoms with van der Waals surface area (Å²) in [5.74, 6) is -0.642. The minimum atomic E-state index is -1.31. The van der Waals surface area contributed by atoms with Crippen LogP contribution in [-0.2, 0) is 23.7 Å². The maximum Gasteiger partial charge on any atom is 0.335 e. The number of methoxy groups -OCH3 is 1. The highest BCUT2D eigenvalue weighted by Gasteiger charge is 2.49. The van der Waals surface area contributed by atoms with E-state index in [9.17, 15) is 15.0 Å².